The Balaban J connectivity index is 2.11. The predicted molar refractivity (Wildman–Crippen MR) is 79.8 cm³/mol. The van der Waals surface area contributed by atoms with E-state index in [0.717, 1.165) is 31.5 Å². The van der Waals surface area contributed by atoms with Crippen LogP contribution in [0.25, 0.3) is 0 Å². The minimum absolute atomic E-state index is 0.103. The number of benzene rings is 1. The monoisotopic (exact) mass is 279 g/mol. The largest absolute Gasteiger partial charge is 0.298 e. The highest BCUT2D eigenvalue weighted by molar-refractivity contribution is 6.31. The number of carbonyl (C=O) groups is 1. The van der Waals surface area contributed by atoms with Crippen LogP contribution in [0.4, 0.5) is 0 Å². The Bertz CT molecular complexity index is 464. The summed E-state index contributed by atoms with van der Waals surface area (Å²) in [6.07, 6.45) is 2.08. The third-order valence-corrected chi connectivity index (χ3v) is 4.09. The van der Waals surface area contributed by atoms with Crippen LogP contribution in [0.2, 0.25) is 5.02 Å². The van der Waals surface area contributed by atoms with Crippen molar-refractivity contribution in [2.45, 2.75) is 39.2 Å². The van der Waals surface area contributed by atoms with E-state index in [9.17, 15) is 4.79 Å². The van der Waals surface area contributed by atoms with E-state index in [2.05, 4.69) is 25.7 Å². The number of halogens is 1. The van der Waals surface area contributed by atoms with Gasteiger partial charge < -0.3 is 0 Å². The average molecular weight is 280 g/mol. The van der Waals surface area contributed by atoms with Crippen LogP contribution in [0.15, 0.2) is 24.3 Å². The van der Waals surface area contributed by atoms with Crippen LogP contribution in [0.1, 0.15) is 44.0 Å². The highest BCUT2D eigenvalue weighted by Crippen LogP contribution is 2.26. The first-order valence-electron chi connectivity index (χ1n) is 6.93. The molecule has 1 saturated heterocycles. The molecule has 0 unspecified atom stereocenters. The third-order valence-electron chi connectivity index (χ3n) is 3.85. The van der Waals surface area contributed by atoms with Gasteiger partial charge in [0, 0.05) is 28.6 Å². The Morgan fingerprint density at radius 3 is 2.74 bits per heavy atom. The molecule has 2 nitrogen and oxygen atoms in total. The number of rotatable bonds is 2. The van der Waals surface area contributed by atoms with Crippen LogP contribution >= 0.6 is 11.6 Å². The minimum Gasteiger partial charge on any atom is -0.298 e. The maximum atomic E-state index is 12.5. The van der Waals surface area contributed by atoms with E-state index < -0.39 is 0 Å². The molecule has 1 atom stereocenters. The predicted octanol–water partition coefficient (Wildman–Crippen LogP) is 4.03. The summed E-state index contributed by atoms with van der Waals surface area (Å²) in [5.74, 6) is 0.336. The lowest BCUT2D eigenvalue weighted by Crippen LogP contribution is -2.48. The van der Waals surface area contributed by atoms with Crippen molar-refractivity contribution in [2.24, 2.45) is 5.92 Å². The van der Waals surface area contributed by atoms with Crippen molar-refractivity contribution in [3.05, 3.63) is 34.9 Å². The molecule has 0 saturated carbocycles. The van der Waals surface area contributed by atoms with Gasteiger partial charge in [0.2, 0.25) is 0 Å². The van der Waals surface area contributed by atoms with Crippen LogP contribution in [0.3, 0.4) is 0 Å². The molecule has 1 aromatic carbocycles. The number of Topliss-reactive ketones (excluding diaryl/α,β-unsaturated/α-hetero) is 1. The zero-order valence-corrected chi connectivity index (χ0v) is 12.7. The quantitative estimate of drug-likeness (QED) is 0.762. The minimum atomic E-state index is 0.103. The Labute approximate surface area is 120 Å². The molecule has 3 heteroatoms. The van der Waals surface area contributed by atoms with Crippen molar-refractivity contribution in [1.29, 1.82) is 0 Å². The summed E-state index contributed by atoms with van der Waals surface area (Å²) < 4.78 is 0. The van der Waals surface area contributed by atoms with E-state index in [4.69, 9.17) is 11.6 Å². The molecule has 1 aromatic rings. The average Bonchev–Trinajstić information content (AvgIpc) is 2.37. The molecule has 0 spiro atoms. The van der Waals surface area contributed by atoms with E-state index in [1.54, 1.807) is 12.1 Å². The summed E-state index contributed by atoms with van der Waals surface area (Å²) in [4.78, 5) is 14.9. The number of nitrogens with zero attached hydrogens (tertiary/aromatic N) is 1. The normalized spacial score (nSPS) is 21.4. The molecular formula is C16H22ClNO. The van der Waals surface area contributed by atoms with Crippen molar-refractivity contribution in [1.82, 2.24) is 4.90 Å². The van der Waals surface area contributed by atoms with E-state index in [0.29, 0.717) is 5.02 Å². The van der Waals surface area contributed by atoms with Gasteiger partial charge in [0.1, 0.15) is 0 Å². The first-order valence-corrected chi connectivity index (χ1v) is 7.30. The summed E-state index contributed by atoms with van der Waals surface area (Å²) in [6, 6.07) is 7.30. The molecule has 0 aliphatic carbocycles. The highest BCUT2D eigenvalue weighted by atomic mass is 35.5. The molecule has 2 rings (SSSR count). The molecule has 0 bridgehead atoms. The van der Waals surface area contributed by atoms with Crippen LogP contribution in [-0.4, -0.2) is 29.3 Å². The number of carbonyl (C=O) groups excluding carboxylic acids is 1. The molecular weight excluding hydrogens is 258 g/mol. The number of hydrogen-bond acceptors (Lipinski definition) is 2. The molecule has 104 valence electrons. The van der Waals surface area contributed by atoms with Gasteiger partial charge in [0.15, 0.2) is 5.78 Å². The van der Waals surface area contributed by atoms with Gasteiger partial charge in [0.25, 0.3) is 0 Å². The van der Waals surface area contributed by atoms with Crippen LogP contribution in [0.5, 0.6) is 0 Å². The van der Waals surface area contributed by atoms with Gasteiger partial charge in [-0.05, 0) is 52.3 Å². The van der Waals surface area contributed by atoms with E-state index >= 15 is 0 Å². The summed E-state index contributed by atoms with van der Waals surface area (Å²) in [7, 11) is 0. The smallest absolute Gasteiger partial charge is 0.167 e. The first kappa shape index (κ1) is 14.5. The van der Waals surface area contributed by atoms with E-state index in [1.807, 2.05) is 12.1 Å². The number of hydrogen-bond donors (Lipinski definition) is 0. The van der Waals surface area contributed by atoms with Crippen molar-refractivity contribution in [3.8, 4) is 0 Å². The zero-order valence-electron chi connectivity index (χ0n) is 11.9. The van der Waals surface area contributed by atoms with Gasteiger partial charge in [-0.3, -0.25) is 9.69 Å². The molecule has 1 aliphatic heterocycles. The lowest BCUT2D eigenvalue weighted by molar-refractivity contribution is 0.0617. The lowest BCUT2D eigenvalue weighted by Gasteiger charge is -2.41. The van der Waals surface area contributed by atoms with Gasteiger partial charge in [-0.1, -0.05) is 23.7 Å². The second-order valence-electron chi connectivity index (χ2n) is 6.33. The van der Waals surface area contributed by atoms with Gasteiger partial charge in [-0.2, -0.15) is 0 Å². The van der Waals surface area contributed by atoms with Gasteiger partial charge in [0.05, 0.1) is 0 Å². The van der Waals surface area contributed by atoms with Crippen LogP contribution in [-0.2, 0) is 0 Å². The highest BCUT2D eigenvalue weighted by Gasteiger charge is 2.31. The maximum absolute atomic E-state index is 12.5. The standard InChI is InChI=1S/C16H22ClNO/c1-16(2,3)18-9-5-7-13(11-18)15(19)12-6-4-8-14(17)10-12/h4,6,8,10,13H,5,7,9,11H2,1-3H3/t13-/m1/s1. The summed E-state index contributed by atoms with van der Waals surface area (Å²) in [6.45, 7) is 8.56. The number of ketones is 1. The fourth-order valence-electron chi connectivity index (χ4n) is 2.68. The second-order valence-corrected chi connectivity index (χ2v) is 6.77. The molecule has 1 fully saturated rings. The maximum Gasteiger partial charge on any atom is 0.167 e. The lowest BCUT2D eigenvalue weighted by atomic mass is 9.88. The van der Waals surface area contributed by atoms with Gasteiger partial charge >= 0.3 is 0 Å². The Kier molecular flexibility index (Phi) is 4.32. The number of likely N-dealkylation sites (tertiary alicyclic amines) is 1. The first-order chi connectivity index (χ1) is 8.88. The zero-order chi connectivity index (χ0) is 14.0. The van der Waals surface area contributed by atoms with Crippen molar-refractivity contribution >= 4 is 17.4 Å². The molecule has 0 aromatic heterocycles. The van der Waals surface area contributed by atoms with Crippen LogP contribution < -0.4 is 0 Å². The van der Waals surface area contributed by atoms with Crippen molar-refractivity contribution in [2.75, 3.05) is 13.1 Å². The fraction of sp³-hybridized carbons (Fsp3) is 0.562. The van der Waals surface area contributed by atoms with E-state index in [-0.39, 0.29) is 17.2 Å². The molecule has 0 N–H and O–H groups in total. The second kappa shape index (κ2) is 5.64. The van der Waals surface area contributed by atoms with Crippen molar-refractivity contribution < 1.29 is 4.79 Å². The molecule has 0 amide bonds. The SMILES string of the molecule is CC(C)(C)N1CCC[C@@H](C(=O)c2cccc(Cl)c2)C1. The summed E-state index contributed by atoms with van der Waals surface area (Å²) >= 11 is 5.97. The topological polar surface area (TPSA) is 20.3 Å². The van der Waals surface area contributed by atoms with Gasteiger partial charge in [-0.15, -0.1) is 0 Å². The molecule has 1 aliphatic rings. The summed E-state index contributed by atoms with van der Waals surface area (Å²) in [5.41, 5.74) is 0.876. The fourth-order valence-corrected chi connectivity index (χ4v) is 2.87. The number of piperidine rings is 1. The molecule has 1 heterocycles. The Morgan fingerprint density at radius 1 is 1.37 bits per heavy atom. The summed E-state index contributed by atoms with van der Waals surface area (Å²) in [5, 5.41) is 0.634. The molecule has 0 radical (unpaired) electrons. The Hall–Kier alpha value is -0.860. The van der Waals surface area contributed by atoms with Gasteiger partial charge in [-0.25, -0.2) is 0 Å². The van der Waals surface area contributed by atoms with Crippen LogP contribution in [0, 0.1) is 5.92 Å². The van der Waals surface area contributed by atoms with E-state index in [1.165, 1.54) is 0 Å². The third kappa shape index (κ3) is 3.58. The van der Waals surface area contributed by atoms with Crippen molar-refractivity contribution in [3.63, 3.8) is 0 Å². The Morgan fingerprint density at radius 2 is 2.11 bits per heavy atom. The molecule has 19 heavy (non-hydrogen) atoms.